The van der Waals surface area contributed by atoms with Crippen LogP contribution in [-0.2, 0) is 0 Å². The third-order valence-corrected chi connectivity index (χ3v) is 1.65. The molecule has 1 aromatic heterocycles. The van der Waals surface area contributed by atoms with Gasteiger partial charge < -0.3 is 11.1 Å². The lowest BCUT2D eigenvalue weighted by Crippen LogP contribution is -2.23. The summed E-state index contributed by atoms with van der Waals surface area (Å²) >= 11 is 0. The third-order valence-electron chi connectivity index (χ3n) is 1.65. The number of hydrogen-bond donors (Lipinski definition) is 2. The lowest BCUT2D eigenvalue weighted by molar-refractivity contribution is 0.0956. The minimum absolute atomic E-state index is 0.0197. The zero-order chi connectivity index (χ0) is 10.6. The van der Waals surface area contributed by atoms with Gasteiger partial charge in [-0.25, -0.2) is 0 Å². The van der Waals surface area contributed by atoms with Crippen molar-refractivity contribution in [3.8, 4) is 0 Å². The fraction of sp³-hybridized carbons (Fsp3) is 0.250. The highest BCUT2D eigenvalue weighted by Gasteiger charge is 2.12. The van der Waals surface area contributed by atoms with Gasteiger partial charge in [0.05, 0.1) is 17.4 Å². The third kappa shape index (κ3) is 1.85. The van der Waals surface area contributed by atoms with E-state index < -0.39 is 0 Å². The Hall–Kier alpha value is -1.98. The van der Waals surface area contributed by atoms with Gasteiger partial charge in [-0.15, -0.1) is 4.91 Å². The predicted molar refractivity (Wildman–Crippen MR) is 52.1 cm³/mol. The molecule has 74 valence electrons. The summed E-state index contributed by atoms with van der Waals surface area (Å²) in [6.45, 7) is 2.26. The van der Waals surface area contributed by atoms with Crippen molar-refractivity contribution in [3.05, 3.63) is 22.9 Å². The molecule has 0 saturated carbocycles. The van der Waals surface area contributed by atoms with Crippen LogP contribution in [0.1, 0.15) is 17.3 Å². The first kappa shape index (κ1) is 10.1. The van der Waals surface area contributed by atoms with Crippen LogP contribution in [0.5, 0.6) is 0 Å². The number of carbonyl (C=O) groups is 1. The Morgan fingerprint density at radius 1 is 1.64 bits per heavy atom. The van der Waals surface area contributed by atoms with Gasteiger partial charge in [0.15, 0.2) is 0 Å². The molecule has 14 heavy (non-hydrogen) atoms. The van der Waals surface area contributed by atoms with Crippen LogP contribution >= 0.6 is 0 Å². The molecule has 1 heterocycles. The summed E-state index contributed by atoms with van der Waals surface area (Å²) < 4.78 is 0. The smallest absolute Gasteiger partial charge is 0.255 e. The SMILES string of the molecule is CCNC(=O)c1cncc(N=O)c1N. The Morgan fingerprint density at radius 3 is 2.93 bits per heavy atom. The molecule has 0 atom stereocenters. The van der Waals surface area contributed by atoms with Gasteiger partial charge in [-0.1, -0.05) is 0 Å². The lowest BCUT2D eigenvalue weighted by Gasteiger charge is -2.05. The van der Waals surface area contributed by atoms with Crippen LogP contribution in [0.15, 0.2) is 17.6 Å². The van der Waals surface area contributed by atoms with E-state index >= 15 is 0 Å². The van der Waals surface area contributed by atoms with Gasteiger partial charge in [-0.3, -0.25) is 9.78 Å². The Morgan fingerprint density at radius 2 is 2.36 bits per heavy atom. The first-order chi connectivity index (χ1) is 6.70. The molecule has 3 N–H and O–H groups in total. The second-order valence-electron chi connectivity index (χ2n) is 2.57. The molecular weight excluding hydrogens is 184 g/mol. The average Bonchev–Trinajstić information content (AvgIpc) is 2.18. The molecule has 0 radical (unpaired) electrons. The zero-order valence-corrected chi connectivity index (χ0v) is 7.65. The number of carbonyl (C=O) groups excluding carboxylic acids is 1. The number of amides is 1. The Labute approximate surface area is 80.5 Å². The monoisotopic (exact) mass is 194 g/mol. The second kappa shape index (κ2) is 4.31. The van der Waals surface area contributed by atoms with Crippen LogP contribution in [0, 0.1) is 4.91 Å². The van der Waals surface area contributed by atoms with Crippen LogP contribution in [-0.4, -0.2) is 17.4 Å². The Bertz CT molecular complexity index is 364. The second-order valence-corrected chi connectivity index (χ2v) is 2.57. The van der Waals surface area contributed by atoms with E-state index in [-0.39, 0.29) is 22.8 Å². The number of nitrogen functional groups attached to an aromatic ring is 1. The Kier molecular flexibility index (Phi) is 3.11. The number of nitroso groups, excluding NO2 is 1. The highest BCUT2D eigenvalue weighted by atomic mass is 16.3. The van der Waals surface area contributed by atoms with Gasteiger partial charge in [0.25, 0.3) is 5.91 Å². The molecule has 0 aliphatic carbocycles. The number of nitrogens with two attached hydrogens (primary N) is 1. The van der Waals surface area contributed by atoms with Crippen molar-refractivity contribution in [1.82, 2.24) is 10.3 Å². The van der Waals surface area contributed by atoms with E-state index in [1.807, 2.05) is 0 Å². The van der Waals surface area contributed by atoms with Crippen molar-refractivity contribution in [1.29, 1.82) is 0 Å². The van der Waals surface area contributed by atoms with Gasteiger partial charge in [0.1, 0.15) is 5.69 Å². The quantitative estimate of drug-likeness (QED) is 0.695. The molecular formula is C8H10N4O2. The average molecular weight is 194 g/mol. The standard InChI is InChI=1S/C8H10N4O2/c1-2-11-8(13)5-3-10-4-6(12-14)7(5)9/h3-4H,2H2,1H3,(H2,9,10)(H,11,13). The normalized spacial score (nSPS) is 9.50. The fourth-order valence-electron chi connectivity index (χ4n) is 0.969. The largest absolute Gasteiger partial charge is 0.396 e. The maximum Gasteiger partial charge on any atom is 0.255 e. The number of nitrogens with one attached hydrogen (secondary N) is 1. The minimum Gasteiger partial charge on any atom is -0.396 e. The van der Waals surface area contributed by atoms with Crippen molar-refractivity contribution >= 4 is 17.3 Å². The maximum atomic E-state index is 11.4. The molecule has 0 aliphatic heterocycles. The molecule has 0 fully saturated rings. The first-order valence-corrected chi connectivity index (χ1v) is 4.05. The summed E-state index contributed by atoms with van der Waals surface area (Å²) in [7, 11) is 0. The van der Waals surface area contributed by atoms with E-state index in [4.69, 9.17) is 5.73 Å². The van der Waals surface area contributed by atoms with Crippen molar-refractivity contribution in [2.75, 3.05) is 12.3 Å². The zero-order valence-electron chi connectivity index (χ0n) is 7.65. The van der Waals surface area contributed by atoms with E-state index in [1.54, 1.807) is 6.92 Å². The maximum absolute atomic E-state index is 11.4. The number of aromatic nitrogens is 1. The summed E-state index contributed by atoms with van der Waals surface area (Å²) in [6.07, 6.45) is 2.51. The first-order valence-electron chi connectivity index (χ1n) is 4.05. The number of pyridine rings is 1. The molecule has 1 amide bonds. The summed E-state index contributed by atoms with van der Waals surface area (Å²) in [4.78, 5) is 25.3. The summed E-state index contributed by atoms with van der Waals surface area (Å²) in [5.74, 6) is -0.358. The van der Waals surface area contributed by atoms with Crippen LogP contribution < -0.4 is 11.1 Å². The van der Waals surface area contributed by atoms with Gasteiger partial charge >= 0.3 is 0 Å². The van der Waals surface area contributed by atoms with Gasteiger partial charge in [0.2, 0.25) is 0 Å². The molecule has 0 unspecified atom stereocenters. The van der Waals surface area contributed by atoms with E-state index in [0.717, 1.165) is 0 Å². The summed E-state index contributed by atoms with van der Waals surface area (Å²) in [5.41, 5.74) is 5.74. The minimum atomic E-state index is -0.358. The van der Waals surface area contributed by atoms with Crippen LogP contribution in [0.2, 0.25) is 0 Å². The number of nitrogens with zero attached hydrogens (tertiary/aromatic N) is 2. The number of hydrogen-bond acceptors (Lipinski definition) is 5. The molecule has 0 aromatic carbocycles. The number of anilines is 1. The van der Waals surface area contributed by atoms with Crippen LogP contribution in [0.4, 0.5) is 11.4 Å². The van der Waals surface area contributed by atoms with E-state index in [9.17, 15) is 9.70 Å². The lowest BCUT2D eigenvalue weighted by atomic mass is 10.2. The van der Waals surface area contributed by atoms with Crippen molar-refractivity contribution < 1.29 is 4.79 Å². The fourth-order valence-corrected chi connectivity index (χ4v) is 0.969. The van der Waals surface area contributed by atoms with Crippen molar-refractivity contribution in [2.24, 2.45) is 5.18 Å². The highest BCUT2D eigenvalue weighted by Crippen LogP contribution is 2.23. The van der Waals surface area contributed by atoms with Crippen molar-refractivity contribution in [3.63, 3.8) is 0 Å². The summed E-state index contributed by atoms with van der Waals surface area (Å²) in [5, 5.41) is 5.21. The molecule has 0 aliphatic rings. The molecule has 6 nitrogen and oxygen atoms in total. The van der Waals surface area contributed by atoms with Crippen LogP contribution in [0.3, 0.4) is 0 Å². The van der Waals surface area contributed by atoms with E-state index in [0.29, 0.717) is 6.54 Å². The molecule has 0 saturated heterocycles. The molecule has 0 bridgehead atoms. The predicted octanol–water partition coefficient (Wildman–Crippen LogP) is 0.811. The highest BCUT2D eigenvalue weighted by molar-refractivity contribution is 6.00. The van der Waals surface area contributed by atoms with E-state index in [2.05, 4.69) is 15.5 Å². The Balaban J connectivity index is 3.09. The summed E-state index contributed by atoms with van der Waals surface area (Å²) in [6, 6.07) is 0. The molecule has 1 aromatic rings. The number of rotatable bonds is 3. The van der Waals surface area contributed by atoms with Gasteiger partial charge in [-0.2, -0.15) is 0 Å². The van der Waals surface area contributed by atoms with Crippen LogP contribution in [0.25, 0.3) is 0 Å². The molecule has 1 rings (SSSR count). The van der Waals surface area contributed by atoms with E-state index in [1.165, 1.54) is 12.4 Å². The van der Waals surface area contributed by atoms with Gasteiger partial charge in [-0.05, 0) is 12.1 Å². The van der Waals surface area contributed by atoms with Crippen molar-refractivity contribution in [2.45, 2.75) is 6.92 Å². The molecule has 6 heteroatoms. The topological polar surface area (TPSA) is 97.4 Å². The van der Waals surface area contributed by atoms with Gasteiger partial charge in [0, 0.05) is 12.7 Å². The molecule has 0 spiro atoms.